The second kappa shape index (κ2) is 9.64. The van der Waals surface area contributed by atoms with Crippen molar-refractivity contribution < 1.29 is 14.3 Å². The first kappa shape index (κ1) is 22.7. The fourth-order valence-electron chi connectivity index (χ4n) is 3.90. The van der Waals surface area contributed by atoms with Crippen molar-refractivity contribution in [2.24, 2.45) is 4.99 Å². The molecule has 0 bridgehead atoms. The fourth-order valence-corrected chi connectivity index (χ4v) is 4.79. The first-order valence-electron chi connectivity index (χ1n) is 11.1. The van der Waals surface area contributed by atoms with Crippen LogP contribution in [0.1, 0.15) is 22.3 Å². The molecule has 35 heavy (non-hydrogen) atoms. The molecular weight excluding hydrogens is 458 g/mol. The zero-order chi connectivity index (χ0) is 24.4. The molecule has 1 amide bonds. The molecule has 2 heterocycles. The molecule has 1 N–H and O–H groups in total. The highest BCUT2D eigenvalue weighted by molar-refractivity contribution is 8.17. The summed E-state index contributed by atoms with van der Waals surface area (Å²) in [4.78, 5) is 18.7. The van der Waals surface area contributed by atoms with E-state index in [1.807, 2.05) is 79.1 Å². The lowest BCUT2D eigenvalue weighted by Gasteiger charge is -2.27. The average Bonchev–Trinajstić information content (AvgIpc) is 3.31. The minimum absolute atomic E-state index is 0.0962. The monoisotopic (exact) mass is 481 g/mol. The van der Waals surface area contributed by atoms with Gasteiger partial charge in [-0.25, -0.2) is 0 Å². The van der Waals surface area contributed by atoms with Crippen LogP contribution in [-0.4, -0.2) is 28.9 Å². The molecule has 5 rings (SSSR count). The molecule has 7 heteroatoms. The summed E-state index contributed by atoms with van der Waals surface area (Å²) in [5, 5.41) is 11.2. The van der Waals surface area contributed by atoms with Gasteiger partial charge in [-0.05, 0) is 47.4 Å². The molecule has 174 valence electrons. The second-order valence-electron chi connectivity index (χ2n) is 8.05. The number of aliphatic imine (C=N–C) groups is 1. The number of hydrogen-bond donors (Lipinski definition) is 1. The summed E-state index contributed by atoms with van der Waals surface area (Å²) in [6.07, 6.45) is 1.67. The Kier molecular flexibility index (Phi) is 6.25. The number of fused-ring (bicyclic) bond motifs is 1. The minimum atomic E-state index is -0.435. The van der Waals surface area contributed by atoms with Gasteiger partial charge in [-0.15, -0.1) is 0 Å². The molecule has 3 aromatic carbocycles. The lowest BCUT2D eigenvalue weighted by molar-refractivity contribution is -0.114. The van der Waals surface area contributed by atoms with Crippen LogP contribution >= 0.6 is 11.8 Å². The molecule has 3 aromatic rings. The highest BCUT2D eigenvalue weighted by Crippen LogP contribution is 2.37. The number of carbonyl (C=O) groups is 1. The summed E-state index contributed by atoms with van der Waals surface area (Å²) < 4.78 is 11.6. The Morgan fingerprint density at radius 2 is 1.80 bits per heavy atom. The van der Waals surface area contributed by atoms with Gasteiger partial charge in [-0.3, -0.25) is 15.1 Å². The number of amides is 1. The predicted octanol–water partition coefficient (Wildman–Crippen LogP) is 5.89. The van der Waals surface area contributed by atoms with E-state index in [0.717, 1.165) is 22.4 Å². The zero-order valence-electron chi connectivity index (χ0n) is 19.3. The average molecular weight is 482 g/mol. The fraction of sp³-hybridized carbons (Fsp3) is 0.107. The maximum atomic E-state index is 12.8. The van der Waals surface area contributed by atoms with Gasteiger partial charge in [0.1, 0.15) is 12.4 Å². The Labute approximate surface area is 208 Å². The Balaban J connectivity index is 1.41. The number of amidine groups is 2. The Hall–Kier alpha value is -4.10. The Morgan fingerprint density at radius 3 is 2.57 bits per heavy atom. The molecule has 0 aromatic heterocycles. The first-order valence-corrected chi connectivity index (χ1v) is 11.9. The van der Waals surface area contributed by atoms with Gasteiger partial charge in [0, 0.05) is 5.41 Å². The van der Waals surface area contributed by atoms with Gasteiger partial charge in [-0.2, -0.15) is 4.99 Å². The van der Waals surface area contributed by atoms with Gasteiger partial charge in [0.05, 0.1) is 18.4 Å². The van der Waals surface area contributed by atoms with Crippen molar-refractivity contribution in [1.82, 2.24) is 4.90 Å². The number of aryl methyl sites for hydroxylation is 1. The van der Waals surface area contributed by atoms with Gasteiger partial charge in [0.25, 0.3) is 5.91 Å². The number of rotatable bonds is 6. The van der Waals surface area contributed by atoms with Crippen molar-refractivity contribution in [3.63, 3.8) is 0 Å². The third-order valence-corrected chi connectivity index (χ3v) is 6.65. The van der Waals surface area contributed by atoms with Crippen LogP contribution in [0.3, 0.4) is 0 Å². The number of benzene rings is 3. The second-order valence-corrected chi connectivity index (χ2v) is 8.89. The normalized spacial score (nSPS) is 16.2. The smallest absolute Gasteiger partial charge is 0.283 e. The summed E-state index contributed by atoms with van der Waals surface area (Å²) in [6, 6.07) is 23.3. The van der Waals surface area contributed by atoms with E-state index in [4.69, 9.17) is 14.9 Å². The number of nitrogens with one attached hydrogen (secondary N) is 1. The van der Waals surface area contributed by atoms with Crippen LogP contribution in [0.2, 0.25) is 0 Å². The van der Waals surface area contributed by atoms with Crippen LogP contribution in [0.15, 0.2) is 88.8 Å². The zero-order valence-corrected chi connectivity index (χ0v) is 20.1. The van der Waals surface area contributed by atoms with E-state index in [-0.39, 0.29) is 11.4 Å². The van der Waals surface area contributed by atoms with E-state index < -0.39 is 5.91 Å². The van der Waals surface area contributed by atoms with Crippen LogP contribution < -0.4 is 9.47 Å². The largest absolute Gasteiger partial charge is 0.493 e. The molecule has 0 saturated heterocycles. The van der Waals surface area contributed by atoms with Crippen molar-refractivity contribution in [2.75, 3.05) is 7.11 Å². The summed E-state index contributed by atoms with van der Waals surface area (Å²) in [5.74, 6) is 0.816. The van der Waals surface area contributed by atoms with Crippen molar-refractivity contribution in [3.05, 3.63) is 106 Å². The highest BCUT2D eigenvalue weighted by Gasteiger charge is 2.36. The lowest BCUT2D eigenvalue weighted by atomic mass is 10.1. The quantitative estimate of drug-likeness (QED) is 0.445. The van der Waals surface area contributed by atoms with Crippen LogP contribution in [0.25, 0.3) is 11.8 Å². The third kappa shape index (κ3) is 4.50. The summed E-state index contributed by atoms with van der Waals surface area (Å²) in [5.41, 5.74) is 4.98. The number of ether oxygens (including phenoxy) is 2. The number of thioether (sulfide) groups is 1. The molecule has 2 aliphatic heterocycles. The first-order chi connectivity index (χ1) is 17.0. The van der Waals surface area contributed by atoms with Crippen LogP contribution in [0.4, 0.5) is 0 Å². The number of nitrogens with zero attached hydrogens (tertiary/aromatic N) is 2. The van der Waals surface area contributed by atoms with E-state index in [2.05, 4.69) is 4.99 Å². The van der Waals surface area contributed by atoms with Crippen LogP contribution in [0, 0.1) is 12.3 Å². The molecule has 0 spiro atoms. The summed E-state index contributed by atoms with van der Waals surface area (Å²) in [6.45, 7) is 2.47. The number of carbonyl (C=O) groups excluding carboxylic acids is 1. The Morgan fingerprint density at radius 1 is 1.03 bits per heavy atom. The van der Waals surface area contributed by atoms with E-state index in [1.54, 1.807) is 24.2 Å². The number of methoxy groups -OCH3 is 1. The molecule has 0 radical (unpaired) electrons. The standard InChI is InChI=1S/C28H23N3O3S/c1-18-8-6-7-11-21(18)16-34-24-13-12-19(15-25(24)33-2)14-22-26(29)31-23(20-9-4-3-5-10-20)17-35-28(31)30-27(22)32/h3-15,17,29H,16H2,1-2H3/b22-14-,29-26?. The van der Waals surface area contributed by atoms with E-state index in [1.165, 1.54) is 11.8 Å². The van der Waals surface area contributed by atoms with Crippen molar-refractivity contribution in [2.45, 2.75) is 13.5 Å². The lowest BCUT2D eigenvalue weighted by Crippen LogP contribution is -2.38. The molecule has 0 atom stereocenters. The summed E-state index contributed by atoms with van der Waals surface area (Å²) in [7, 11) is 1.58. The van der Waals surface area contributed by atoms with Crippen molar-refractivity contribution in [3.8, 4) is 11.5 Å². The van der Waals surface area contributed by atoms with Gasteiger partial charge in [0.2, 0.25) is 0 Å². The highest BCUT2D eigenvalue weighted by atomic mass is 32.2. The van der Waals surface area contributed by atoms with E-state index >= 15 is 0 Å². The van der Waals surface area contributed by atoms with Gasteiger partial charge in [-0.1, -0.05) is 72.4 Å². The predicted molar refractivity (Wildman–Crippen MR) is 140 cm³/mol. The molecular formula is C28H23N3O3S. The minimum Gasteiger partial charge on any atom is -0.493 e. The molecule has 0 saturated carbocycles. The van der Waals surface area contributed by atoms with Gasteiger partial charge >= 0.3 is 0 Å². The van der Waals surface area contributed by atoms with Crippen LogP contribution in [0.5, 0.6) is 11.5 Å². The van der Waals surface area contributed by atoms with Gasteiger partial charge in [0.15, 0.2) is 16.7 Å². The molecule has 0 fully saturated rings. The van der Waals surface area contributed by atoms with Crippen molar-refractivity contribution >= 4 is 40.4 Å². The molecule has 0 unspecified atom stereocenters. The molecule has 0 aliphatic carbocycles. The van der Waals surface area contributed by atoms with Gasteiger partial charge < -0.3 is 9.47 Å². The third-order valence-electron chi connectivity index (χ3n) is 5.83. The summed E-state index contributed by atoms with van der Waals surface area (Å²) >= 11 is 1.35. The van der Waals surface area contributed by atoms with E-state index in [0.29, 0.717) is 28.8 Å². The maximum absolute atomic E-state index is 12.8. The SMILES string of the molecule is COc1cc(/C=C2/C(=N)N3C(c4ccccc4)=CSC3=NC2=O)ccc1OCc1ccccc1C. The van der Waals surface area contributed by atoms with Crippen LogP contribution in [-0.2, 0) is 11.4 Å². The number of hydrogen-bond acceptors (Lipinski definition) is 5. The maximum Gasteiger partial charge on any atom is 0.283 e. The Bertz CT molecular complexity index is 1410. The van der Waals surface area contributed by atoms with Crippen molar-refractivity contribution in [1.29, 1.82) is 5.41 Å². The van der Waals surface area contributed by atoms with E-state index in [9.17, 15) is 4.79 Å². The molecule has 2 aliphatic rings. The molecule has 6 nitrogen and oxygen atoms in total. The topological polar surface area (TPSA) is 75.0 Å².